The lowest BCUT2D eigenvalue weighted by atomic mass is 10.2. The van der Waals surface area contributed by atoms with Crippen molar-refractivity contribution < 1.29 is 28.5 Å². The van der Waals surface area contributed by atoms with Gasteiger partial charge in [-0.2, -0.15) is 10.2 Å². The highest BCUT2D eigenvalue weighted by Crippen LogP contribution is 2.38. The van der Waals surface area contributed by atoms with Crippen LogP contribution in [-0.4, -0.2) is 46.2 Å². The maximum atomic E-state index is 12.9. The van der Waals surface area contributed by atoms with Crippen LogP contribution in [0.4, 0.5) is 11.4 Å². The second kappa shape index (κ2) is 10.8. The smallest absolute Gasteiger partial charge is 0.276 e. The minimum absolute atomic E-state index is 0.215. The van der Waals surface area contributed by atoms with Crippen molar-refractivity contribution >= 4 is 46.4 Å². The Labute approximate surface area is 189 Å². The van der Waals surface area contributed by atoms with Gasteiger partial charge in [-0.1, -0.05) is 11.6 Å². The number of azo groups is 1. The van der Waals surface area contributed by atoms with E-state index in [4.69, 9.17) is 42.3 Å². The molecule has 1 amide bonds. The zero-order valence-corrected chi connectivity index (χ0v) is 19.0. The molecule has 0 bridgehead atoms. The topological polar surface area (TPSA) is 99.0 Å². The van der Waals surface area contributed by atoms with Gasteiger partial charge in [-0.25, -0.2) is 4.42 Å². The molecule has 0 spiro atoms. The van der Waals surface area contributed by atoms with Crippen molar-refractivity contribution in [2.75, 3.05) is 32.9 Å². The molecule has 1 atom stereocenters. The molecule has 0 aliphatic carbocycles. The van der Waals surface area contributed by atoms with E-state index in [-0.39, 0.29) is 17.1 Å². The van der Waals surface area contributed by atoms with Crippen LogP contribution in [0.3, 0.4) is 0 Å². The molecule has 0 aliphatic heterocycles. The van der Waals surface area contributed by atoms with Gasteiger partial charge in [0.2, 0.25) is 6.04 Å². The van der Waals surface area contributed by atoms with Crippen LogP contribution < -0.4 is 23.4 Å². The quantitative estimate of drug-likeness (QED) is 0.302. The standard InChI is InChI=1S/C20H21Cl2N3O6/c1-11(26)19(24-23-16-10-17(30-4)15(21)9-18(16)31-5)20(27)25(22)12-6-13(28-2)8-14(7-12)29-3/h6-10,19H,1-5H3. The summed E-state index contributed by atoms with van der Waals surface area (Å²) in [5.41, 5.74) is 0.446. The summed E-state index contributed by atoms with van der Waals surface area (Å²) >= 11 is 12.3. The normalized spacial score (nSPS) is 11.7. The first-order chi connectivity index (χ1) is 14.7. The van der Waals surface area contributed by atoms with Crippen LogP contribution in [-0.2, 0) is 9.59 Å². The lowest BCUT2D eigenvalue weighted by Crippen LogP contribution is -2.36. The summed E-state index contributed by atoms with van der Waals surface area (Å²) in [7, 11) is 5.77. The van der Waals surface area contributed by atoms with Gasteiger partial charge in [-0.05, 0) is 6.92 Å². The van der Waals surface area contributed by atoms with Crippen molar-refractivity contribution in [3.05, 3.63) is 35.4 Å². The minimum Gasteiger partial charge on any atom is -0.497 e. The van der Waals surface area contributed by atoms with Crippen molar-refractivity contribution in [2.24, 2.45) is 10.2 Å². The highest BCUT2D eigenvalue weighted by Gasteiger charge is 2.29. The second-order valence-electron chi connectivity index (χ2n) is 6.08. The second-order valence-corrected chi connectivity index (χ2v) is 6.82. The number of ketones is 1. The summed E-state index contributed by atoms with van der Waals surface area (Å²) in [6.45, 7) is 1.21. The van der Waals surface area contributed by atoms with Crippen LogP contribution >= 0.6 is 23.4 Å². The molecule has 0 aromatic heterocycles. The number of halogens is 2. The lowest BCUT2D eigenvalue weighted by molar-refractivity contribution is -0.126. The molecular weight excluding hydrogens is 449 g/mol. The molecule has 2 aromatic rings. The zero-order valence-electron chi connectivity index (χ0n) is 17.5. The number of Topliss-reactive ketones (excluding diaryl/α,β-unsaturated/α-hetero) is 1. The van der Waals surface area contributed by atoms with Crippen LogP contribution in [0.1, 0.15) is 6.92 Å². The Bertz CT molecular complexity index is 977. The van der Waals surface area contributed by atoms with Gasteiger partial charge in [0.25, 0.3) is 5.91 Å². The lowest BCUT2D eigenvalue weighted by Gasteiger charge is -2.18. The van der Waals surface area contributed by atoms with Crippen LogP contribution in [0.15, 0.2) is 40.6 Å². The van der Waals surface area contributed by atoms with Gasteiger partial charge in [0.15, 0.2) is 5.78 Å². The van der Waals surface area contributed by atoms with E-state index in [0.29, 0.717) is 22.3 Å². The summed E-state index contributed by atoms with van der Waals surface area (Å²) < 4.78 is 21.5. The molecule has 31 heavy (non-hydrogen) atoms. The Morgan fingerprint density at radius 1 is 0.903 bits per heavy atom. The van der Waals surface area contributed by atoms with E-state index in [9.17, 15) is 9.59 Å². The Hall–Kier alpha value is -3.04. The first-order valence-electron chi connectivity index (χ1n) is 8.81. The van der Waals surface area contributed by atoms with Crippen molar-refractivity contribution in [3.63, 3.8) is 0 Å². The molecule has 0 heterocycles. The maximum absolute atomic E-state index is 12.9. The number of benzene rings is 2. The van der Waals surface area contributed by atoms with Crippen LogP contribution in [0.25, 0.3) is 0 Å². The van der Waals surface area contributed by atoms with Crippen molar-refractivity contribution in [3.8, 4) is 23.0 Å². The third-order valence-corrected chi connectivity index (χ3v) is 4.77. The first-order valence-corrected chi connectivity index (χ1v) is 9.52. The summed E-state index contributed by atoms with van der Waals surface area (Å²) in [6.07, 6.45) is 0. The van der Waals surface area contributed by atoms with E-state index in [1.165, 1.54) is 59.6 Å². The largest absolute Gasteiger partial charge is 0.497 e. The van der Waals surface area contributed by atoms with Crippen LogP contribution in [0, 0.1) is 0 Å². The van der Waals surface area contributed by atoms with Crippen LogP contribution in [0.5, 0.6) is 23.0 Å². The number of carbonyl (C=O) groups is 2. The van der Waals surface area contributed by atoms with Crippen molar-refractivity contribution in [2.45, 2.75) is 13.0 Å². The fourth-order valence-electron chi connectivity index (χ4n) is 2.49. The Kier molecular flexibility index (Phi) is 8.47. The van der Waals surface area contributed by atoms with Crippen LogP contribution in [0.2, 0.25) is 5.02 Å². The van der Waals surface area contributed by atoms with E-state index in [1.54, 1.807) is 6.07 Å². The molecule has 0 N–H and O–H groups in total. The molecular formula is C20H21Cl2N3O6. The van der Waals surface area contributed by atoms with E-state index in [0.717, 1.165) is 4.42 Å². The van der Waals surface area contributed by atoms with E-state index >= 15 is 0 Å². The number of ether oxygens (including phenoxy) is 4. The summed E-state index contributed by atoms with van der Waals surface area (Å²) in [5, 5.41) is 8.20. The highest BCUT2D eigenvalue weighted by molar-refractivity contribution is 6.39. The molecule has 1 unspecified atom stereocenters. The van der Waals surface area contributed by atoms with Gasteiger partial charge < -0.3 is 18.9 Å². The number of hydrogen-bond acceptors (Lipinski definition) is 8. The molecule has 0 saturated heterocycles. The van der Waals surface area contributed by atoms with Crippen molar-refractivity contribution in [1.29, 1.82) is 0 Å². The number of anilines is 1. The number of hydrogen-bond donors (Lipinski definition) is 0. The minimum atomic E-state index is -1.50. The fourth-order valence-corrected chi connectivity index (χ4v) is 2.91. The number of methoxy groups -OCH3 is 4. The van der Waals surface area contributed by atoms with Crippen molar-refractivity contribution in [1.82, 2.24) is 0 Å². The predicted octanol–water partition coefficient (Wildman–Crippen LogP) is 4.60. The maximum Gasteiger partial charge on any atom is 0.276 e. The molecule has 0 radical (unpaired) electrons. The zero-order chi connectivity index (χ0) is 23.1. The predicted molar refractivity (Wildman–Crippen MR) is 116 cm³/mol. The third kappa shape index (κ3) is 5.77. The summed E-state index contributed by atoms with van der Waals surface area (Å²) in [4.78, 5) is 25.0. The Balaban J connectivity index is 2.38. The number of amides is 1. The van der Waals surface area contributed by atoms with Gasteiger partial charge in [-0.3, -0.25) is 9.59 Å². The van der Waals surface area contributed by atoms with Gasteiger partial charge in [0.1, 0.15) is 28.7 Å². The van der Waals surface area contributed by atoms with Gasteiger partial charge in [-0.15, -0.1) is 0 Å². The number of nitrogens with zero attached hydrogens (tertiary/aromatic N) is 3. The van der Waals surface area contributed by atoms with Gasteiger partial charge in [0.05, 0.1) is 39.1 Å². The highest BCUT2D eigenvalue weighted by atomic mass is 35.5. The molecule has 166 valence electrons. The third-order valence-electron chi connectivity index (χ3n) is 4.11. The monoisotopic (exact) mass is 469 g/mol. The van der Waals surface area contributed by atoms with Gasteiger partial charge in [0, 0.05) is 42.1 Å². The average Bonchev–Trinajstić information content (AvgIpc) is 2.78. The SMILES string of the molecule is COc1cc(OC)cc(N(Cl)C(=O)C(N=Nc2cc(OC)c(Cl)cc2OC)C(C)=O)c1. The van der Waals surface area contributed by atoms with E-state index in [2.05, 4.69) is 10.2 Å². The molecule has 11 heteroatoms. The van der Waals surface area contributed by atoms with Gasteiger partial charge >= 0.3 is 0 Å². The molecule has 0 aliphatic rings. The molecule has 2 aromatic carbocycles. The first kappa shape index (κ1) is 24.2. The molecule has 0 fully saturated rings. The number of rotatable bonds is 9. The average molecular weight is 470 g/mol. The molecule has 2 rings (SSSR count). The summed E-state index contributed by atoms with van der Waals surface area (Å²) in [6, 6.07) is 6.08. The number of carbonyl (C=O) groups excluding carboxylic acids is 2. The van der Waals surface area contributed by atoms with E-state index < -0.39 is 17.7 Å². The van der Waals surface area contributed by atoms with E-state index in [1.807, 2.05) is 0 Å². The Morgan fingerprint density at radius 3 is 1.97 bits per heavy atom. The fraction of sp³-hybridized carbons (Fsp3) is 0.300. The molecule has 9 nitrogen and oxygen atoms in total. The molecule has 0 saturated carbocycles. The Morgan fingerprint density at radius 2 is 1.48 bits per heavy atom. The summed E-state index contributed by atoms with van der Waals surface area (Å²) in [5.74, 6) is 0.0509.